The van der Waals surface area contributed by atoms with Gasteiger partial charge in [-0.05, 0) is 30.5 Å². The molecule has 2 amide bonds. The van der Waals surface area contributed by atoms with Gasteiger partial charge in [0.05, 0.1) is 16.8 Å². The van der Waals surface area contributed by atoms with Crippen LogP contribution in [0, 0.1) is 12.8 Å². The van der Waals surface area contributed by atoms with E-state index in [1.165, 1.54) is 6.33 Å². The molecule has 2 N–H and O–H groups in total. The van der Waals surface area contributed by atoms with Gasteiger partial charge in [0.15, 0.2) is 0 Å². The summed E-state index contributed by atoms with van der Waals surface area (Å²) in [6.07, 6.45) is 1.47. The van der Waals surface area contributed by atoms with Crippen molar-refractivity contribution in [1.29, 1.82) is 0 Å². The number of carbonyl (C=O) groups is 1. The van der Waals surface area contributed by atoms with Gasteiger partial charge in [-0.3, -0.25) is 4.68 Å². The average molecular weight is 322 g/mol. The third-order valence-corrected chi connectivity index (χ3v) is 3.66. The molecule has 0 fully saturated rings. The molecule has 0 radical (unpaired) electrons. The third kappa shape index (κ3) is 3.76. The number of hydrogen-bond donors (Lipinski definition) is 2. The first-order valence-electron chi connectivity index (χ1n) is 7.06. The van der Waals surface area contributed by atoms with Crippen LogP contribution < -0.4 is 10.6 Å². The fourth-order valence-corrected chi connectivity index (χ4v) is 2.42. The van der Waals surface area contributed by atoms with Crippen LogP contribution in [-0.2, 0) is 7.05 Å². The van der Waals surface area contributed by atoms with Crippen molar-refractivity contribution in [2.75, 3.05) is 5.32 Å². The van der Waals surface area contributed by atoms with Crippen molar-refractivity contribution in [1.82, 2.24) is 20.1 Å². The molecule has 0 bridgehead atoms. The highest BCUT2D eigenvalue weighted by molar-refractivity contribution is 6.33. The Hall–Kier alpha value is -2.08. The predicted octanol–water partition coefficient (Wildman–Crippen LogP) is 3.30. The molecule has 1 atom stereocenters. The number of aromatic nitrogens is 3. The first-order valence-corrected chi connectivity index (χ1v) is 7.44. The fourth-order valence-electron chi connectivity index (χ4n) is 2.14. The molecule has 1 aromatic carbocycles. The summed E-state index contributed by atoms with van der Waals surface area (Å²) in [4.78, 5) is 16.4. The summed E-state index contributed by atoms with van der Waals surface area (Å²) in [5.41, 5.74) is 1.61. The van der Waals surface area contributed by atoms with Crippen molar-refractivity contribution >= 4 is 23.3 Å². The van der Waals surface area contributed by atoms with Crippen LogP contribution in [0.15, 0.2) is 24.5 Å². The van der Waals surface area contributed by atoms with E-state index >= 15 is 0 Å². The van der Waals surface area contributed by atoms with Crippen LogP contribution in [-0.4, -0.2) is 20.8 Å². The molecule has 0 aliphatic rings. The Bertz CT molecular complexity index is 668. The van der Waals surface area contributed by atoms with Gasteiger partial charge in [-0.2, -0.15) is 5.10 Å². The van der Waals surface area contributed by atoms with Gasteiger partial charge >= 0.3 is 6.03 Å². The number of halogens is 1. The van der Waals surface area contributed by atoms with E-state index in [0.29, 0.717) is 16.5 Å². The zero-order chi connectivity index (χ0) is 16.3. The number of aryl methyl sites for hydroxylation is 2. The van der Waals surface area contributed by atoms with Crippen molar-refractivity contribution in [2.24, 2.45) is 13.0 Å². The van der Waals surface area contributed by atoms with Crippen molar-refractivity contribution in [3.8, 4) is 0 Å². The second-order valence-electron chi connectivity index (χ2n) is 5.55. The van der Waals surface area contributed by atoms with E-state index in [1.807, 2.05) is 26.8 Å². The fraction of sp³-hybridized carbons (Fsp3) is 0.400. The van der Waals surface area contributed by atoms with Gasteiger partial charge in [-0.1, -0.05) is 31.5 Å². The minimum atomic E-state index is -0.326. The number of nitrogens with zero attached hydrogens (tertiary/aromatic N) is 3. The second-order valence-corrected chi connectivity index (χ2v) is 5.95. The average Bonchev–Trinajstić information content (AvgIpc) is 2.85. The lowest BCUT2D eigenvalue weighted by Gasteiger charge is -2.21. The summed E-state index contributed by atoms with van der Waals surface area (Å²) in [5, 5.41) is 10.2. The monoisotopic (exact) mass is 321 g/mol. The molecule has 118 valence electrons. The van der Waals surface area contributed by atoms with Gasteiger partial charge in [-0.15, -0.1) is 0 Å². The number of urea groups is 1. The van der Waals surface area contributed by atoms with Crippen LogP contribution in [0.2, 0.25) is 5.02 Å². The molecule has 6 nitrogen and oxygen atoms in total. The second kappa shape index (κ2) is 6.79. The van der Waals surface area contributed by atoms with E-state index in [9.17, 15) is 4.79 Å². The van der Waals surface area contributed by atoms with Crippen LogP contribution in [0.5, 0.6) is 0 Å². The standard InChI is InChI=1S/C15H20ClN5O/c1-9(2)13(14-17-8-18-21(14)4)20-15(22)19-12-6-5-10(3)7-11(12)16/h5-9,13H,1-4H3,(H2,19,20,22). The molecular weight excluding hydrogens is 302 g/mol. The first-order chi connectivity index (χ1) is 10.4. The van der Waals surface area contributed by atoms with E-state index in [1.54, 1.807) is 23.9 Å². The highest BCUT2D eigenvalue weighted by atomic mass is 35.5. The summed E-state index contributed by atoms with van der Waals surface area (Å²) >= 11 is 6.13. The predicted molar refractivity (Wildman–Crippen MR) is 86.9 cm³/mol. The van der Waals surface area contributed by atoms with Gasteiger partial charge < -0.3 is 10.6 Å². The molecule has 0 aliphatic carbocycles. The number of benzene rings is 1. The Balaban J connectivity index is 2.10. The molecule has 0 aliphatic heterocycles. The van der Waals surface area contributed by atoms with E-state index in [4.69, 9.17) is 11.6 Å². The van der Waals surface area contributed by atoms with E-state index in [0.717, 1.165) is 5.56 Å². The number of anilines is 1. The summed E-state index contributed by atoms with van der Waals surface area (Å²) < 4.78 is 1.66. The van der Waals surface area contributed by atoms with Crippen molar-refractivity contribution in [3.63, 3.8) is 0 Å². The molecule has 22 heavy (non-hydrogen) atoms. The smallest absolute Gasteiger partial charge is 0.319 e. The normalized spacial score (nSPS) is 12.3. The zero-order valence-electron chi connectivity index (χ0n) is 13.1. The van der Waals surface area contributed by atoms with E-state index in [2.05, 4.69) is 20.7 Å². The van der Waals surface area contributed by atoms with Crippen LogP contribution in [0.25, 0.3) is 0 Å². The lowest BCUT2D eigenvalue weighted by molar-refractivity contribution is 0.243. The van der Waals surface area contributed by atoms with Crippen molar-refractivity contribution in [3.05, 3.63) is 40.9 Å². The van der Waals surface area contributed by atoms with Gasteiger partial charge in [-0.25, -0.2) is 9.78 Å². The van der Waals surface area contributed by atoms with Gasteiger partial charge in [0.1, 0.15) is 12.2 Å². The number of amides is 2. The number of nitrogens with one attached hydrogen (secondary N) is 2. The molecule has 2 aromatic rings. The van der Waals surface area contributed by atoms with Crippen LogP contribution >= 0.6 is 11.6 Å². The largest absolute Gasteiger partial charge is 0.328 e. The van der Waals surface area contributed by atoms with Crippen LogP contribution in [0.3, 0.4) is 0 Å². The Labute approximate surface area is 134 Å². The highest BCUT2D eigenvalue weighted by Crippen LogP contribution is 2.23. The first kappa shape index (κ1) is 16.3. The SMILES string of the molecule is Cc1ccc(NC(=O)NC(c2ncnn2C)C(C)C)c(Cl)c1. The van der Waals surface area contributed by atoms with Gasteiger partial charge in [0.25, 0.3) is 0 Å². The Morgan fingerprint density at radius 3 is 2.64 bits per heavy atom. The topological polar surface area (TPSA) is 71.8 Å². The third-order valence-electron chi connectivity index (χ3n) is 3.35. The van der Waals surface area contributed by atoms with E-state index in [-0.39, 0.29) is 18.0 Å². The molecule has 7 heteroatoms. The molecule has 2 rings (SSSR count). The molecule has 1 aromatic heterocycles. The molecule has 0 saturated heterocycles. The highest BCUT2D eigenvalue weighted by Gasteiger charge is 2.22. The molecule has 0 spiro atoms. The lowest BCUT2D eigenvalue weighted by atomic mass is 10.0. The molecular formula is C15H20ClN5O. The van der Waals surface area contributed by atoms with Crippen LogP contribution in [0.4, 0.5) is 10.5 Å². The van der Waals surface area contributed by atoms with Crippen LogP contribution in [0.1, 0.15) is 31.3 Å². The Kier molecular flexibility index (Phi) is 5.03. The molecule has 1 unspecified atom stereocenters. The number of hydrogen-bond acceptors (Lipinski definition) is 3. The quantitative estimate of drug-likeness (QED) is 0.907. The zero-order valence-corrected chi connectivity index (χ0v) is 13.8. The lowest BCUT2D eigenvalue weighted by Crippen LogP contribution is -2.36. The summed E-state index contributed by atoms with van der Waals surface area (Å²) in [7, 11) is 1.80. The number of carbonyl (C=O) groups excluding carboxylic acids is 1. The van der Waals surface area contributed by atoms with Gasteiger partial charge in [0, 0.05) is 7.05 Å². The van der Waals surface area contributed by atoms with Crippen molar-refractivity contribution < 1.29 is 4.79 Å². The summed E-state index contributed by atoms with van der Waals surface area (Å²) in [6.45, 7) is 5.97. The minimum absolute atomic E-state index is 0.169. The maximum absolute atomic E-state index is 12.2. The summed E-state index contributed by atoms with van der Waals surface area (Å²) in [6, 6.07) is 4.91. The van der Waals surface area contributed by atoms with E-state index < -0.39 is 0 Å². The maximum Gasteiger partial charge on any atom is 0.319 e. The van der Waals surface area contributed by atoms with Gasteiger partial charge in [0.2, 0.25) is 0 Å². The molecule has 1 heterocycles. The Morgan fingerprint density at radius 1 is 1.36 bits per heavy atom. The van der Waals surface area contributed by atoms with Crippen molar-refractivity contribution in [2.45, 2.75) is 26.8 Å². The Morgan fingerprint density at radius 2 is 2.09 bits per heavy atom. The maximum atomic E-state index is 12.2. The minimum Gasteiger partial charge on any atom is -0.328 e. The molecule has 0 saturated carbocycles. The number of rotatable bonds is 4. The summed E-state index contributed by atoms with van der Waals surface area (Å²) in [5.74, 6) is 0.877.